The van der Waals surface area contributed by atoms with Crippen molar-refractivity contribution in [2.75, 3.05) is 137 Å². The molecular formula is C41H56F3NO12. The van der Waals surface area contributed by atoms with Crippen LogP contribution in [0.1, 0.15) is 21.5 Å². The summed E-state index contributed by atoms with van der Waals surface area (Å²) in [4.78, 5) is 12.6. The zero-order valence-electron chi connectivity index (χ0n) is 32.4. The maximum atomic E-state index is 13.1. The molecule has 0 radical (unpaired) electrons. The minimum absolute atomic E-state index is 0.00277. The van der Waals surface area contributed by atoms with Crippen LogP contribution in [0.25, 0.3) is 0 Å². The van der Waals surface area contributed by atoms with Gasteiger partial charge in [-0.15, -0.1) is 0 Å². The Balaban J connectivity index is 0.988. The van der Waals surface area contributed by atoms with Gasteiger partial charge >= 0.3 is 12.1 Å². The highest BCUT2D eigenvalue weighted by atomic mass is 19.4. The van der Waals surface area contributed by atoms with Crippen molar-refractivity contribution in [3.05, 3.63) is 95.6 Å². The van der Waals surface area contributed by atoms with Crippen molar-refractivity contribution in [1.29, 1.82) is 0 Å². The molecule has 0 atom stereocenters. The Labute approximate surface area is 332 Å². The number of carbonyl (C=O) groups is 1. The summed E-state index contributed by atoms with van der Waals surface area (Å²) in [5, 5.41) is 2.86. The lowest BCUT2D eigenvalue weighted by molar-refractivity contribution is -0.137. The van der Waals surface area contributed by atoms with E-state index in [-0.39, 0.29) is 24.5 Å². The predicted molar refractivity (Wildman–Crippen MR) is 205 cm³/mol. The lowest BCUT2D eigenvalue weighted by Gasteiger charge is -2.13. The molecule has 0 aromatic heterocycles. The van der Waals surface area contributed by atoms with Gasteiger partial charge in [0.15, 0.2) is 0 Å². The van der Waals surface area contributed by atoms with Crippen LogP contribution in [0.5, 0.6) is 0 Å². The zero-order chi connectivity index (χ0) is 40.5. The van der Waals surface area contributed by atoms with Crippen LogP contribution in [0.2, 0.25) is 0 Å². The molecule has 0 saturated carbocycles. The minimum Gasteiger partial charge on any atom is -0.460 e. The van der Waals surface area contributed by atoms with Gasteiger partial charge in [-0.05, 0) is 35.9 Å². The van der Waals surface area contributed by atoms with E-state index in [0.717, 1.165) is 17.7 Å². The topological polar surface area (TPSA) is 131 Å². The van der Waals surface area contributed by atoms with E-state index < -0.39 is 17.7 Å². The summed E-state index contributed by atoms with van der Waals surface area (Å²) in [7, 11) is 0. The standard InChI is InChI=1S/C41H56F3NO12/c42-41(43,44)36-9-6-10-37(33-36)45-39-12-5-4-11-38(39)40(46)57-32-31-55-28-27-53-24-23-51-20-19-49-16-15-47-13-14-48-17-18-50-21-22-52-25-26-54-29-30-56-34-35-7-2-1-3-8-35/h1-12,33,45H,13-32,34H2. The third-order valence-electron chi connectivity index (χ3n) is 7.54. The van der Waals surface area contributed by atoms with Gasteiger partial charge < -0.3 is 57.4 Å². The largest absolute Gasteiger partial charge is 0.460 e. The maximum Gasteiger partial charge on any atom is 0.416 e. The van der Waals surface area contributed by atoms with Crippen LogP contribution >= 0.6 is 0 Å². The van der Waals surface area contributed by atoms with Crippen molar-refractivity contribution in [3.63, 3.8) is 0 Å². The predicted octanol–water partition coefficient (Wildman–Crippen LogP) is 5.97. The number of benzene rings is 3. The number of para-hydroxylation sites is 1. The second-order valence-corrected chi connectivity index (χ2v) is 11.9. The van der Waals surface area contributed by atoms with Gasteiger partial charge in [-0.3, -0.25) is 0 Å². The number of anilines is 2. The van der Waals surface area contributed by atoms with Crippen LogP contribution in [-0.2, 0) is 64.9 Å². The molecule has 3 aromatic rings. The molecule has 3 aromatic carbocycles. The van der Waals surface area contributed by atoms with E-state index in [0.29, 0.717) is 131 Å². The monoisotopic (exact) mass is 811 g/mol. The smallest absolute Gasteiger partial charge is 0.416 e. The molecule has 0 spiro atoms. The number of nitrogens with one attached hydrogen (secondary N) is 1. The van der Waals surface area contributed by atoms with Gasteiger partial charge in [0.2, 0.25) is 0 Å². The summed E-state index contributed by atoms with van der Waals surface area (Å²) in [6.45, 7) is 8.92. The first-order valence-corrected chi connectivity index (χ1v) is 19.0. The lowest BCUT2D eigenvalue weighted by atomic mass is 10.1. The van der Waals surface area contributed by atoms with Crippen molar-refractivity contribution in [2.45, 2.75) is 12.8 Å². The molecule has 0 aliphatic heterocycles. The Morgan fingerprint density at radius 3 is 1.32 bits per heavy atom. The second kappa shape index (κ2) is 31.3. The van der Waals surface area contributed by atoms with E-state index in [1.54, 1.807) is 18.2 Å². The molecule has 0 heterocycles. The molecule has 0 aliphatic rings. The van der Waals surface area contributed by atoms with Gasteiger partial charge in [-0.1, -0.05) is 48.5 Å². The maximum absolute atomic E-state index is 13.1. The van der Waals surface area contributed by atoms with Crippen LogP contribution in [-0.4, -0.2) is 138 Å². The molecule has 0 unspecified atom stereocenters. The molecular weight excluding hydrogens is 755 g/mol. The van der Waals surface area contributed by atoms with E-state index in [2.05, 4.69) is 5.32 Å². The van der Waals surface area contributed by atoms with E-state index in [4.69, 9.17) is 52.1 Å². The highest BCUT2D eigenvalue weighted by Crippen LogP contribution is 2.32. The molecule has 13 nitrogen and oxygen atoms in total. The molecule has 0 bridgehead atoms. The third-order valence-corrected chi connectivity index (χ3v) is 7.54. The number of rotatable bonds is 35. The number of ether oxygens (including phenoxy) is 11. The van der Waals surface area contributed by atoms with Crippen molar-refractivity contribution in [3.8, 4) is 0 Å². The van der Waals surface area contributed by atoms with E-state index >= 15 is 0 Å². The first-order valence-electron chi connectivity index (χ1n) is 19.0. The summed E-state index contributed by atoms with van der Waals surface area (Å²) in [6, 6.07) is 21.2. The van der Waals surface area contributed by atoms with Crippen LogP contribution in [0, 0.1) is 0 Å². The van der Waals surface area contributed by atoms with E-state index in [1.165, 1.54) is 18.2 Å². The molecule has 16 heteroatoms. The molecule has 3 rings (SSSR count). The molecule has 1 N–H and O–H groups in total. The Kier molecular flexibility index (Phi) is 26.2. The van der Waals surface area contributed by atoms with Gasteiger partial charge in [0.05, 0.1) is 149 Å². The fourth-order valence-corrected chi connectivity index (χ4v) is 4.71. The second-order valence-electron chi connectivity index (χ2n) is 11.9. The average Bonchev–Trinajstić information content (AvgIpc) is 3.21. The van der Waals surface area contributed by atoms with Crippen LogP contribution in [0.15, 0.2) is 78.9 Å². The number of esters is 1. The quantitative estimate of drug-likeness (QED) is 0.0554. The van der Waals surface area contributed by atoms with Crippen LogP contribution in [0.4, 0.5) is 24.5 Å². The number of halogens is 3. The summed E-state index contributed by atoms with van der Waals surface area (Å²) >= 11 is 0. The number of alkyl halides is 3. The first kappa shape index (κ1) is 47.7. The Morgan fingerprint density at radius 2 is 0.860 bits per heavy atom. The summed E-state index contributed by atoms with van der Waals surface area (Å²) in [5.74, 6) is -0.629. The van der Waals surface area contributed by atoms with Crippen LogP contribution in [0.3, 0.4) is 0 Å². The summed E-state index contributed by atoms with van der Waals surface area (Å²) < 4.78 is 99.3. The number of hydrogen-bond acceptors (Lipinski definition) is 13. The average molecular weight is 812 g/mol. The van der Waals surface area contributed by atoms with Crippen molar-refractivity contribution >= 4 is 17.3 Å². The number of hydrogen-bond donors (Lipinski definition) is 1. The fourth-order valence-electron chi connectivity index (χ4n) is 4.71. The molecule has 0 aliphatic carbocycles. The van der Waals surface area contributed by atoms with Crippen molar-refractivity contribution in [1.82, 2.24) is 0 Å². The van der Waals surface area contributed by atoms with Gasteiger partial charge in [0.25, 0.3) is 0 Å². The summed E-state index contributed by atoms with van der Waals surface area (Å²) in [5.41, 5.74) is 1.05. The lowest BCUT2D eigenvalue weighted by Crippen LogP contribution is -2.16. The van der Waals surface area contributed by atoms with E-state index in [1.807, 2.05) is 30.3 Å². The fraction of sp³-hybridized carbons (Fsp3) is 0.537. The van der Waals surface area contributed by atoms with Gasteiger partial charge in [0.1, 0.15) is 6.61 Å². The zero-order valence-corrected chi connectivity index (χ0v) is 32.4. The van der Waals surface area contributed by atoms with Crippen LogP contribution < -0.4 is 5.32 Å². The first-order chi connectivity index (χ1) is 27.9. The Bertz CT molecular complexity index is 1440. The van der Waals surface area contributed by atoms with Crippen molar-refractivity contribution < 1.29 is 70.1 Å². The Hall–Kier alpha value is -3.68. The van der Waals surface area contributed by atoms with Gasteiger partial charge in [-0.25, -0.2) is 4.79 Å². The van der Waals surface area contributed by atoms with E-state index in [9.17, 15) is 18.0 Å². The molecule has 0 fully saturated rings. The molecule has 0 saturated heterocycles. The molecule has 0 amide bonds. The molecule has 57 heavy (non-hydrogen) atoms. The highest BCUT2D eigenvalue weighted by molar-refractivity contribution is 5.96. The number of carbonyl (C=O) groups excluding carboxylic acids is 1. The van der Waals surface area contributed by atoms with Gasteiger partial charge in [0, 0.05) is 5.69 Å². The third kappa shape index (κ3) is 24.0. The normalized spacial score (nSPS) is 11.6. The SMILES string of the molecule is O=C(OCCOCCOCCOCCOCCOCCOCCOCCOCCOCCOCc1ccccc1)c1ccccc1Nc1cccc(C(F)(F)F)c1. The summed E-state index contributed by atoms with van der Waals surface area (Å²) in [6.07, 6.45) is -4.48. The highest BCUT2D eigenvalue weighted by Gasteiger charge is 2.30. The Morgan fingerprint density at radius 1 is 0.456 bits per heavy atom. The minimum atomic E-state index is -4.48. The van der Waals surface area contributed by atoms with Gasteiger partial charge in [-0.2, -0.15) is 13.2 Å². The molecule has 318 valence electrons. The van der Waals surface area contributed by atoms with Crippen molar-refractivity contribution in [2.24, 2.45) is 0 Å².